The summed E-state index contributed by atoms with van der Waals surface area (Å²) in [4.78, 5) is 19.1. The average molecular weight is 644 g/mol. The fourth-order valence-corrected chi connectivity index (χ4v) is 8.05. The fraction of sp³-hybridized carbons (Fsp3) is 0.364. The summed E-state index contributed by atoms with van der Waals surface area (Å²) in [5.74, 6) is -0.581. The van der Waals surface area contributed by atoms with Gasteiger partial charge in [-0.15, -0.1) is 0 Å². The van der Waals surface area contributed by atoms with Crippen LogP contribution in [0.2, 0.25) is 5.02 Å². The van der Waals surface area contributed by atoms with Gasteiger partial charge in [0.05, 0.1) is 39.6 Å². The lowest BCUT2D eigenvalue weighted by Gasteiger charge is -2.32. The lowest BCUT2D eigenvalue weighted by atomic mass is 10.1. The topological polar surface area (TPSA) is 70.2 Å². The van der Waals surface area contributed by atoms with Crippen LogP contribution in [0.4, 0.5) is 14.5 Å². The second-order valence-corrected chi connectivity index (χ2v) is 13.8. The number of hydrogen-bond acceptors (Lipinski definition) is 6. The Hall–Kier alpha value is -3.47. The summed E-state index contributed by atoms with van der Waals surface area (Å²) in [6, 6.07) is 14.9. The Morgan fingerprint density at radius 3 is 2.39 bits per heavy atom. The third-order valence-electron chi connectivity index (χ3n) is 8.56. The first kappa shape index (κ1) is 31.9. The minimum atomic E-state index is -3.63. The molecule has 1 atom stereocenters. The minimum absolute atomic E-state index is 0.0531. The molecule has 0 aliphatic carbocycles. The SMILES string of the molecule is C=CN(c1cc(S(=O)(=O)C2CCN(CCc3ccc(F)cc3)CC2)ccc1OC)C1CCN(C(=O)c2ccc(F)cc2Cl)C1. The molecule has 0 N–H and O–H groups in total. The smallest absolute Gasteiger partial charge is 0.255 e. The van der Waals surface area contributed by atoms with E-state index in [4.69, 9.17) is 16.3 Å². The zero-order chi connectivity index (χ0) is 31.4. The van der Waals surface area contributed by atoms with Crippen LogP contribution >= 0.6 is 11.6 Å². The van der Waals surface area contributed by atoms with E-state index < -0.39 is 20.9 Å². The maximum absolute atomic E-state index is 13.8. The van der Waals surface area contributed by atoms with E-state index in [0.29, 0.717) is 56.9 Å². The van der Waals surface area contributed by atoms with Gasteiger partial charge in [0, 0.05) is 19.6 Å². The Kier molecular flexibility index (Phi) is 9.92. The zero-order valence-corrected chi connectivity index (χ0v) is 26.2. The molecule has 3 aromatic rings. The van der Waals surface area contributed by atoms with Crippen LogP contribution in [0.15, 0.2) is 78.3 Å². The molecule has 2 saturated heterocycles. The van der Waals surface area contributed by atoms with E-state index in [1.165, 1.54) is 31.4 Å². The van der Waals surface area contributed by atoms with Gasteiger partial charge in [0.1, 0.15) is 17.4 Å². The lowest BCUT2D eigenvalue weighted by molar-refractivity contribution is 0.0791. The number of rotatable bonds is 10. The number of sulfone groups is 1. The molecule has 0 spiro atoms. The zero-order valence-electron chi connectivity index (χ0n) is 24.6. The molecule has 0 aromatic heterocycles. The van der Waals surface area contributed by atoms with Crippen LogP contribution in [0.3, 0.4) is 0 Å². The molecule has 11 heteroatoms. The number of carbonyl (C=O) groups excluding carboxylic acids is 1. The van der Waals surface area contributed by atoms with Gasteiger partial charge < -0.3 is 19.4 Å². The number of nitrogens with zero attached hydrogens (tertiary/aromatic N) is 3. The van der Waals surface area contributed by atoms with Gasteiger partial charge in [-0.25, -0.2) is 17.2 Å². The summed E-state index contributed by atoms with van der Waals surface area (Å²) in [5, 5.41) is -0.458. The van der Waals surface area contributed by atoms with Crippen molar-refractivity contribution in [1.82, 2.24) is 9.80 Å². The first-order chi connectivity index (χ1) is 21.1. The second-order valence-electron chi connectivity index (χ2n) is 11.2. The molecule has 0 radical (unpaired) electrons. The molecule has 1 amide bonds. The van der Waals surface area contributed by atoms with E-state index in [9.17, 15) is 22.0 Å². The van der Waals surface area contributed by atoms with Crippen LogP contribution in [0, 0.1) is 11.6 Å². The summed E-state index contributed by atoms with van der Waals surface area (Å²) in [5.41, 5.74) is 1.83. The highest BCUT2D eigenvalue weighted by Gasteiger charge is 2.35. The van der Waals surface area contributed by atoms with E-state index in [1.54, 1.807) is 41.4 Å². The Morgan fingerprint density at radius 2 is 1.73 bits per heavy atom. The number of anilines is 1. The molecule has 2 fully saturated rings. The molecule has 2 aliphatic heterocycles. The molecular weight excluding hydrogens is 608 g/mol. The number of likely N-dealkylation sites (tertiary alicyclic amines) is 2. The number of amides is 1. The van der Waals surface area contributed by atoms with Gasteiger partial charge in [-0.3, -0.25) is 4.79 Å². The first-order valence-electron chi connectivity index (χ1n) is 14.6. The predicted molar refractivity (Wildman–Crippen MR) is 168 cm³/mol. The Balaban J connectivity index is 1.27. The summed E-state index contributed by atoms with van der Waals surface area (Å²) in [7, 11) is -2.11. The van der Waals surface area contributed by atoms with Gasteiger partial charge in [-0.05, 0) is 99.1 Å². The quantitative estimate of drug-likeness (QED) is 0.271. The monoisotopic (exact) mass is 643 g/mol. The van der Waals surface area contributed by atoms with Crippen molar-refractivity contribution in [3.8, 4) is 5.75 Å². The summed E-state index contributed by atoms with van der Waals surface area (Å²) in [6.45, 7) is 6.87. The molecule has 0 saturated carbocycles. The van der Waals surface area contributed by atoms with Crippen molar-refractivity contribution in [3.63, 3.8) is 0 Å². The van der Waals surface area contributed by atoms with E-state index >= 15 is 0 Å². The second kappa shape index (κ2) is 13.7. The molecule has 234 valence electrons. The van der Waals surface area contributed by atoms with Crippen LogP contribution < -0.4 is 9.64 Å². The van der Waals surface area contributed by atoms with E-state index in [2.05, 4.69) is 11.5 Å². The standard InChI is InChI=1S/C33H36ClF2N3O4S/c1-3-39(26-13-19-38(22-26)33(40)29-10-8-25(36)20-30(29)34)31-21-28(9-11-32(31)43-2)44(41,42)27-14-17-37(18-15-27)16-12-23-4-6-24(35)7-5-23/h3-11,20-21,26-27H,1,12-19,22H2,2H3. The molecule has 2 heterocycles. The van der Waals surface area contributed by atoms with Crippen LogP contribution in [-0.2, 0) is 16.3 Å². The minimum Gasteiger partial charge on any atom is -0.495 e. The highest BCUT2D eigenvalue weighted by atomic mass is 35.5. The summed E-state index contributed by atoms with van der Waals surface area (Å²) >= 11 is 6.14. The van der Waals surface area contributed by atoms with E-state index in [0.717, 1.165) is 24.6 Å². The van der Waals surface area contributed by atoms with Gasteiger partial charge in [0.2, 0.25) is 0 Å². The third-order valence-corrected chi connectivity index (χ3v) is 11.1. The Morgan fingerprint density at radius 1 is 1.02 bits per heavy atom. The molecule has 0 bridgehead atoms. The number of hydrogen-bond donors (Lipinski definition) is 0. The normalized spacial score (nSPS) is 17.9. The highest BCUT2D eigenvalue weighted by molar-refractivity contribution is 7.92. The number of halogens is 3. The predicted octanol–water partition coefficient (Wildman–Crippen LogP) is 5.97. The lowest BCUT2D eigenvalue weighted by Crippen LogP contribution is -2.40. The van der Waals surface area contributed by atoms with Crippen LogP contribution in [-0.4, -0.2) is 75.3 Å². The summed E-state index contributed by atoms with van der Waals surface area (Å²) < 4.78 is 60.0. The van der Waals surface area contributed by atoms with Gasteiger partial charge >= 0.3 is 0 Å². The Bertz CT molecular complexity index is 1610. The van der Waals surface area contributed by atoms with Crippen molar-refractivity contribution in [2.75, 3.05) is 44.7 Å². The Labute approximate surface area is 262 Å². The van der Waals surface area contributed by atoms with Crippen molar-refractivity contribution in [1.29, 1.82) is 0 Å². The van der Waals surface area contributed by atoms with E-state index in [1.807, 2.05) is 4.90 Å². The van der Waals surface area contributed by atoms with Gasteiger partial charge in [-0.1, -0.05) is 30.3 Å². The summed E-state index contributed by atoms with van der Waals surface area (Å²) in [6.07, 6.45) is 4.04. The molecule has 2 aliphatic rings. The van der Waals surface area contributed by atoms with Crippen molar-refractivity contribution in [3.05, 3.63) is 101 Å². The molecule has 1 unspecified atom stereocenters. The number of carbonyl (C=O) groups is 1. The largest absolute Gasteiger partial charge is 0.495 e. The molecule has 5 rings (SSSR count). The number of ether oxygens (including phenoxy) is 1. The number of piperidine rings is 1. The van der Waals surface area contributed by atoms with Gasteiger partial charge in [-0.2, -0.15) is 0 Å². The molecular formula is C33H36ClF2N3O4S. The van der Waals surface area contributed by atoms with Crippen LogP contribution in [0.1, 0.15) is 35.2 Å². The first-order valence-corrected chi connectivity index (χ1v) is 16.6. The molecule has 7 nitrogen and oxygen atoms in total. The van der Waals surface area contributed by atoms with Gasteiger partial charge in [0.15, 0.2) is 9.84 Å². The van der Waals surface area contributed by atoms with Crippen LogP contribution in [0.25, 0.3) is 0 Å². The molecule has 3 aromatic carbocycles. The average Bonchev–Trinajstić information content (AvgIpc) is 3.51. The van der Waals surface area contributed by atoms with Crippen molar-refractivity contribution >= 4 is 33.0 Å². The highest BCUT2D eigenvalue weighted by Crippen LogP contribution is 2.37. The number of benzene rings is 3. The maximum Gasteiger partial charge on any atom is 0.255 e. The van der Waals surface area contributed by atoms with Crippen molar-refractivity contribution in [2.24, 2.45) is 0 Å². The third kappa shape index (κ3) is 6.92. The molecule has 44 heavy (non-hydrogen) atoms. The number of methoxy groups -OCH3 is 1. The van der Waals surface area contributed by atoms with Crippen LogP contribution in [0.5, 0.6) is 5.75 Å². The fourth-order valence-electron chi connectivity index (χ4n) is 6.05. The maximum atomic E-state index is 13.8. The van der Waals surface area contributed by atoms with Crippen molar-refractivity contribution < 1.29 is 26.7 Å². The van der Waals surface area contributed by atoms with Crippen molar-refractivity contribution in [2.45, 2.75) is 41.9 Å². The van der Waals surface area contributed by atoms with E-state index in [-0.39, 0.29) is 33.2 Å². The van der Waals surface area contributed by atoms with Gasteiger partial charge in [0.25, 0.3) is 5.91 Å².